The van der Waals surface area contributed by atoms with Gasteiger partial charge in [0.2, 0.25) is 0 Å². The minimum absolute atomic E-state index is 0.172. The van der Waals surface area contributed by atoms with Crippen molar-refractivity contribution in [2.24, 2.45) is 5.92 Å². The lowest BCUT2D eigenvalue weighted by molar-refractivity contribution is -0.0585. The molecule has 0 amide bonds. The first-order valence-corrected chi connectivity index (χ1v) is 6.63. The molecule has 1 atom stereocenters. The van der Waals surface area contributed by atoms with E-state index in [4.69, 9.17) is 11.6 Å². The Morgan fingerprint density at radius 3 is 2.06 bits per heavy atom. The zero-order chi connectivity index (χ0) is 12.2. The predicted octanol–water partition coefficient (Wildman–Crippen LogP) is 2.40. The number of fused-ring (bicyclic) bond motifs is 2. The summed E-state index contributed by atoms with van der Waals surface area (Å²) in [4.78, 5) is -0.928. The zero-order valence-electron chi connectivity index (χ0n) is 8.13. The molecule has 0 heterocycles. The second-order valence-electron chi connectivity index (χ2n) is 4.29. The Kier molecular flexibility index (Phi) is 2.72. The van der Waals surface area contributed by atoms with Gasteiger partial charge in [-0.3, -0.25) is 4.18 Å². The first-order valence-electron chi connectivity index (χ1n) is 4.84. The molecule has 0 unspecified atom stereocenters. The van der Waals surface area contributed by atoms with E-state index in [1.807, 2.05) is 0 Å². The van der Waals surface area contributed by atoms with Crippen LogP contribution in [0.3, 0.4) is 0 Å². The fourth-order valence-corrected chi connectivity index (χ4v) is 3.70. The van der Waals surface area contributed by atoms with Crippen LogP contribution in [0.2, 0.25) is 0 Å². The van der Waals surface area contributed by atoms with Gasteiger partial charge in [0.25, 0.3) is 0 Å². The van der Waals surface area contributed by atoms with Crippen LogP contribution in [-0.2, 0) is 14.3 Å². The Bertz CT molecular complexity index is 384. The monoisotopic (exact) mass is 278 g/mol. The third kappa shape index (κ3) is 1.82. The third-order valence-electron chi connectivity index (χ3n) is 3.31. The summed E-state index contributed by atoms with van der Waals surface area (Å²) in [6.07, 6.45) is 1.25. The molecule has 3 nitrogen and oxygen atoms in total. The van der Waals surface area contributed by atoms with E-state index >= 15 is 0 Å². The number of halogens is 4. The van der Waals surface area contributed by atoms with Crippen molar-refractivity contribution in [3.05, 3.63) is 0 Å². The lowest BCUT2D eigenvalue weighted by atomic mass is 10.0. The lowest BCUT2D eigenvalue weighted by Crippen LogP contribution is -2.37. The summed E-state index contributed by atoms with van der Waals surface area (Å²) >= 11 is 6.06. The van der Waals surface area contributed by atoms with Crippen LogP contribution in [0.4, 0.5) is 13.2 Å². The van der Waals surface area contributed by atoms with E-state index in [9.17, 15) is 21.6 Å². The van der Waals surface area contributed by atoms with Gasteiger partial charge in [-0.25, -0.2) is 0 Å². The first-order chi connectivity index (χ1) is 7.16. The molecule has 2 fully saturated rings. The standard InChI is InChI=1S/C8H10ClF3O3S/c9-7-3-1-5(2-4-7)6(7)15-16(13,14)8(10,11)12/h5-6H,1-4H2/t5?,6-,7?/m0/s1. The van der Waals surface area contributed by atoms with E-state index in [2.05, 4.69) is 4.18 Å². The highest BCUT2D eigenvalue weighted by atomic mass is 35.5. The molecule has 0 spiro atoms. The summed E-state index contributed by atoms with van der Waals surface area (Å²) in [5, 5.41) is 0. The molecule has 8 heteroatoms. The molecule has 0 aromatic rings. The highest BCUT2D eigenvalue weighted by Gasteiger charge is 2.58. The molecular formula is C8H10ClF3O3S. The van der Waals surface area contributed by atoms with Gasteiger partial charge in [-0.05, 0) is 31.6 Å². The molecule has 0 aliphatic heterocycles. The van der Waals surface area contributed by atoms with Gasteiger partial charge in [-0.15, -0.1) is 11.6 Å². The van der Waals surface area contributed by atoms with Gasteiger partial charge in [0.15, 0.2) is 0 Å². The third-order valence-corrected chi connectivity index (χ3v) is 4.93. The second kappa shape index (κ2) is 3.49. The van der Waals surface area contributed by atoms with E-state index in [0.717, 1.165) is 0 Å². The fourth-order valence-electron chi connectivity index (χ4n) is 2.49. The molecule has 0 radical (unpaired) electrons. The van der Waals surface area contributed by atoms with Crippen LogP contribution < -0.4 is 0 Å². The van der Waals surface area contributed by atoms with Crippen LogP contribution in [0.1, 0.15) is 25.7 Å². The average molecular weight is 279 g/mol. The van der Waals surface area contributed by atoms with E-state index in [1.165, 1.54) is 0 Å². The Balaban J connectivity index is 2.18. The number of rotatable bonds is 2. The van der Waals surface area contributed by atoms with Crippen LogP contribution in [0.5, 0.6) is 0 Å². The van der Waals surface area contributed by atoms with Gasteiger partial charge in [0.1, 0.15) is 0 Å². The highest BCUT2D eigenvalue weighted by Crippen LogP contribution is 2.54. The molecule has 0 aromatic heterocycles. The number of hydrogen-bond donors (Lipinski definition) is 0. The Morgan fingerprint density at radius 1 is 1.25 bits per heavy atom. The Labute approximate surface area is 96.0 Å². The zero-order valence-corrected chi connectivity index (χ0v) is 9.70. The molecule has 0 saturated heterocycles. The van der Waals surface area contributed by atoms with Crippen LogP contribution >= 0.6 is 11.6 Å². The smallest absolute Gasteiger partial charge is 0.258 e. The van der Waals surface area contributed by atoms with Crippen molar-refractivity contribution in [2.45, 2.75) is 42.2 Å². The molecule has 0 N–H and O–H groups in total. The molecule has 2 aliphatic carbocycles. The summed E-state index contributed by atoms with van der Waals surface area (Å²) in [5.41, 5.74) is -5.37. The number of hydrogen-bond acceptors (Lipinski definition) is 3. The van der Waals surface area contributed by atoms with E-state index in [0.29, 0.717) is 25.7 Å². The first kappa shape index (κ1) is 12.4. The molecule has 0 aromatic carbocycles. The van der Waals surface area contributed by atoms with Crippen molar-refractivity contribution in [3.63, 3.8) is 0 Å². The fraction of sp³-hybridized carbons (Fsp3) is 1.00. The van der Waals surface area contributed by atoms with E-state index in [1.54, 1.807) is 0 Å². The Morgan fingerprint density at radius 2 is 1.75 bits per heavy atom. The molecule has 2 rings (SSSR count). The summed E-state index contributed by atoms with van der Waals surface area (Å²) in [7, 11) is -5.53. The van der Waals surface area contributed by atoms with Crippen LogP contribution in [0, 0.1) is 5.92 Å². The molecule has 2 saturated carbocycles. The molecule has 2 aliphatic rings. The molecule has 16 heavy (non-hydrogen) atoms. The SMILES string of the molecule is O=S(=O)(O[C@H]1C2CCC1(Cl)CC2)C(F)(F)F. The summed E-state index contributed by atoms with van der Waals surface area (Å²) < 4.78 is 62.4. The maximum absolute atomic E-state index is 12.1. The summed E-state index contributed by atoms with van der Waals surface area (Å²) in [5.74, 6) is -0.172. The molecular weight excluding hydrogens is 269 g/mol. The van der Waals surface area contributed by atoms with Gasteiger partial charge in [0, 0.05) is 0 Å². The van der Waals surface area contributed by atoms with Gasteiger partial charge < -0.3 is 0 Å². The topological polar surface area (TPSA) is 43.4 Å². The maximum atomic E-state index is 12.1. The van der Waals surface area contributed by atoms with Crippen molar-refractivity contribution < 1.29 is 25.8 Å². The minimum Gasteiger partial charge on any atom is -0.258 e. The molecule has 94 valence electrons. The van der Waals surface area contributed by atoms with Crippen LogP contribution in [0.25, 0.3) is 0 Å². The molecule has 2 bridgehead atoms. The van der Waals surface area contributed by atoms with E-state index in [-0.39, 0.29) is 5.92 Å². The van der Waals surface area contributed by atoms with Gasteiger partial charge in [-0.1, -0.05) is 0 Å². The van der Waals surface area contributed by atoms with Gasteiger partial charge in [-0.2, -0.15) is 21.6 Å². The second-order valence-corrected chi connectivity index (χ2v) is 6.61. The van der Waals surface area contributed by atoms with Crippen LogP contribution in [-0.4, -0.2) is 24.9 Å². The maximum Gasteiger partial charge on any atom is 0.523 e. The van der Waals surface area contributed by atoms with Crippen molar-refractivity contribution in [3.8, 4) is 0 Å². The van der Waals surface area contributed by atoms with Crippen molar-refractivity contribution in [1.29, 1.82) is 0 Å². The van der Waals surface area contributed by atoms with Crippen molar-refractivity contribution >= 4 is 21.7 Å². The van der Waals surface area contributed by atoms with Gasteiger partial charge >= 0.3 is 15.6 Å². The summed E-state index contributed by atoms with van der Waals surface area (Å²) in [6, 6.07) is 0. The predicted molar refractivity (Wildman–Crippen MR) is 50.4 cm³/mol. The van der Waals surface area contributed by atoms with Crippen LogP contribution in [0.15, 0.2) is 0 Å². The largest absolute Gasteiger partial charge is 0.523 e. The normalized spacial score (nSPS) is 39.2. The summed E-state index contributed by atoms with van der Waals surface area (Å²) in [6.45, 7) is 0. The number of alkyl halides is 4. The van der Waals surface area contributed by atoms with Crippen molar-refractivity contribution in [2.75, 3.05) is 0 Å². The Hall–Kier alpha value is -0.0100. The highest BCUT2D eigenvalue weighted by molar-refractivity contribution is 7.87. The average Bonchev–Trinajstić information content (AvgIpc) is 2.56. The van der Waals surface area contributed by atoms with Crippen molar-refractivity contribution in [1.82, 2.24) is 0 Å². The quantitative estimate of drug-likeness (QED) is 0.443. The lowest BCUT2D eigenvalue weighted by Gasteiger charge is -2.24. The van der Waals surface area contributed by atoms with Gasteiger partial charge in [0.05, 0.1) is 11.0 Å². The van der Waals surface area contributed by atoms with E-state index < -0.39 is 26.6 Å². The minimum atomic E-state index is -5.53.